The van der Waals surface area contributed by atoms with Crippen molar-refractivity contribution in [2.45, 2.75) is 114 Å². The number of aryl methyl sites for hydroxylation is 13. The van der Waals surface area contributed by atoms with Gasteiger partial charge in [0.25, 0.3) is 0 Å². The van der Waals surface area contributed by atoms with Crippen LogP contribution in [0.15, 0.2) is 267 Å². The lowest BCUT2D eigenvalue weighted by molar-refractivity contribution is -0.660. The zero-order chi connectivity index (χ0) is 90.4. The predicted molar refractivity (Wildman–Crippen MR) is 478 cm³/mol. The number of rotatable bonds is 8. The first-order valence-corrected chi connectivity index (χ1v) is 39.8. The molecule has 0 atom stereocenters. The van der Waals surface area contributed by atoms with Gasteiger partial charge in [-0.2, -0.15) is 0 Å². The highest BCUT2D eigenvalue weighted by atomic mass is 16.3. The predicted octanol–water partition coefficient (Wildman–Crippen LogP) is 26.6. The fraction of sp³-hybridized carbons (Fsp3) is 0.215. The standard InChI is InChI=1S/C29H28NO.C27H26NO.C26H24NO.C25H22NO/c1-19-11-12-24-25-17-22-9-5-6-10-23(22)18-27(25)31-29(24)28(19)26-16-21(13-14-30(26)2)15-20-7-3-4-8-20;1-17(2)13-19-11-12-28(4)24(14-19)26-18(3)9-10-22-23-15-20-7-5-6-8-21(20)16-25(23)29-27(22)26;1-15-11-22(27(5)14-18(15)4)25-17(3)10-16(2)24-21-12-19-8-6-7-9-20(19)13-23(21)28-26(24)25;1-15-9-10-26(4)21(11-15)24-17(3)12-16(2)23-20-13-18-7-5-6-8-19(18)14-22(20)27-25(23)24/h5-6,9-14,16-18,20H,3-4,7-8,15H2,1-2H3;5-12,14-17H,13H2,1-4H3;6-14H,1-5H3;5-14H,1-4H3/q4*+1/i15D2;13D2;2D3,4D3;2D3. The quantitative estimate of drug-likeness (QED) is 0.142. The summed E-state index contributed by atoms with van der Waals surface area (Å²) in [7, 11) is 7.82. The number of hydrogen-bond acceptors (Lipinski definition) is 4. The molecule has 568 valence electrons. The van der Waals surface area contributed by atoms with Crippen LogP contribution in [0.3, 0.4) is 0 Å². The van der Waals surface area contributed by atoms with Crippen LogP contribution in [0.1, 0.15) is 119 Å². The minimum Gasteiger partial charge on any atom is -0.455 e. The van der Waals surface area contributed by atoms with Gasteiger partial charge in [0.1, 0.15) is 72.9 Å². The molecule has 1 saturated carbocycles. The number of nitrogens with zero attached hydrogens (tertiary/aromatic N) is 4. The maximum absolute atomic E-state index is 8.92. The molecule has 0 saturated heterocycles. The Morgan fingerprint density at radius 3 is 1.14 bits per heavy atom. The Morgan fingerprint density at radius 2 is 0.704 bits per heavy atom. The van der Waals surface area contributed by atoms with E-state index in [-0.39, 0.29) is 23.0 Å². The molecule has 0 spiro atoms. The molecule has 8 heteroatoms. The Bertz CT molecular complexity index is 7910. The van der Waals surface area contributed by atoms with Crippen molar-refractivity contribution in [3.05, 3.63) is 310 Å². The highest BCUT2D eigenvalue weighted by molar-refractivity contribution is 6.18. The Balaban J connectivity index is 0.000000115. The van der Waals surface area contributed by atoms with Crippen molar-refractivity contribution >= 4 is 131 Å². The summed E-state index contributed by atoms with van der Waals surface area (Å²) in [4.78, 5) is 0. The molecule has 8 aromatic heterocycles. The summed E-state index contributed by atoms with van der Waals surface area (Å²) in [6.07, 6.45) is 9.04. The summed E-state index contributed by atoms with van der Waals surface area (Å²) in [5.41, 5.74) is 21.3. The molecule has 0 amide bonds. The summed E-state index contributed by atoms with van der Waals surface area (Å²) < 4.78 is 141. The Labute approximate surface area is 691 Å². The second-order valence-corrected chi connectivity index (χ2v) is 31.9. The molecular formula is C107H100N4O4+4. The SMILES string of the molecule is [2H]C([2H])([2H])c1c[n+](C)c(-c2c(C)cc(C([2H])([2H])[2H])c3c2oc2cc4ccccc4cc23)cc1C.[2H]C([2H])([2H])c1cc(C)c(-c2cc(C)cc[n+]2C)c2oc3cc4ccccc4cc3c12.[2H]C([2H])(c1cc[n+](C)c(-c2c(C)ccc3c2oc2cc4ccccc4cc23)c1)C(C)C.[2H]C([2H])(c1cc[n+](C)c(-c2c(C)ccc3c2oc2cc4ccccc4cc23)c1)C1CCCC1. The third-order valence-electron chi connectivity index (χ3n) is 23.3. The van der Waals surface area contributed by atoms with Gasteiger partial charge in [-0.05, 0) is 234 Å². The molecule has 0 aliphatic heterocycles. The molecule has 1 aliphatic carbocycles. The van der Waals surface area contributed by atoms with Crippen LogP contribution in [0.25, 0.3) is 176 Å². The van der Waals surface area contributed by atoms with Gasteiger partial charge < -0.3 is 17.7 Å². The van der Waals surface area contributed by atoms with Crippen molar-refractivity contribution in [2.24, 2.45) is 40.0 Å². The van der Waals surface area contributed by atoms with E-state index in [1.807, 2.05) is 186 Å². The largest absolute Gasteiger partial charge is 0.455 e. The van der Waals surface area contributed by atoms with E-state index in [1.54, 1.807) is 36.9 Å². The molecular weight excluding hydrogens is 1410 g/mol. The monoisotopic (exact) mass is 1520 g/mol. The van der Waals surface area contributed by atoms with Crippen LogP contribution in [0.5, 0.6) is 0 Å². The topological polar surface area (TPSA) is 68.1 Å². The third kappa shape index (κ3) is 13.6. The van der Waals surface area contributed by atoms with E-state index in [2.05, 4.69) is 128 Å². The molecule has 21 rings (SSSR count). The number of fused-ring (bicyclic) bond motifs is 16. The first kappa shape index (κ1) is 60.1. The third-order valence-corrected chi connectivity index (χ3v) is 23.3. The molecule has 8 heterocycles. The fourth-order valence-corrected chi connectivity index (χ4v) is 17.4. The van der Waals surface area contributed by atoms with E-state index >= 15 is 0 Å². The second-order valence-electron chi connectivity index (χ2n) is 31.9. The number of furan rings is 4. The first-order valence-electron chi connectivity index (χ1n) is 46.3. The van der Waals surface area contributed by atoms with E-state index in [9.17, 15) is 0 Å². The normalized spacial score (nSPS) is 14.9. The molecule has 1 aliphatic rings. The van der Waals surface area contributed by atoms with Gasteiger partial charge in [-0.15, -0.1) is 0 Å². The van der Waals surface area contributed by atoms with Crippen molar-refractivity contribution in [1.82, 2.24) is 0 Å². The smallest absolute Gasteiger partial charge is 0.216 e. The lowest BCUT2D eigenvalue weighted by Gasteiger charge is -2.10. The lowest BCUT2D eigenvalue weighted by Crippen LogP contribution is -2.31. The van der Waals surface area contributed by atoms with Gasteiger partial charge >= 0.3 is 0 Å². The summed E-state index contributed by atoms with van der Waals surface area (Å²) in [6.45, 7) is 8.89. The zero-order valence-corrected chi connectivity index (χ0v) is 67.1. The van der Waals surface area contributed by atoms with Gasteiger partial charge in [0.15, 0.2) is 24.8 Å². The number of pyridine rings is 4. The van der Waals surface area contributed by atoms with E-state index in [0.717, 1.165) is 186 Å². The van der Waals surface area contributed by atoms with E-state index in [4.69, 9.17) is 35.5 Å². The maximum Gasteiger partial charge on any atom is 0.216 e. The van der Waals surface area contributed by atoms with Crippen LogP contribution in [0, 0.1) is 73.9 Å². The van der Waals surface area contributed by atoms with Crippen LogP contribution in [0.2, 0.25) is 0 Å². The molecule has 1 fully saturated rings. The molecule has 115 heavy (non-hydrogen) atoms. The van der Waals surface area contributed by atoms with Crippen LogP contribution in [-0.2, 0) is 40.9 Å². The summed E-state index contributed by atoms with van der Waals surface area (Å²) >= 11 is 0. The van der Waals surface area contributed by atoms with Crippen LogP contribution in [0.4, 0.5) is 0 Å². The molecule has 0 bridgehead atoms. The average Bonchev–Trinajstić information content (AvgIpc) is 1.56. The van der Waals surface area contributed by atoms with Crippen LogP contribution < -0.4 is 18.3 Å². The van der Waals surface area contributed by atoms with E-state index in [1.165, 1.54) is 16.2 Å². The Kier molecular flexibility index (Phi) is 15.6. The minimum absolute atomic E-state index is 0.0913. The van der Waals surface area contributed by atoms with Crippen molar-refractivity contribution in [2.75, 3.05) is 0 Å². The van der Waals surface area contributed by atoms with Gasteiger partial charge in [0.05, 0.1) is 22.3 Å². The van der Waals surface area contributed by atoms with Crippen LogP contribution in [-0.4, -0.2) is 0 Å². The Morgan fingerprint density at radius 1 is 0.339 bits per heavy atom. The average molecular weight is 1520 g/mol. The summed E-state index contributed by atoms with van der Waals surface area (Å²) in [5.74, 6) is -0.0304. The molecule has 0 N–H and O–H groups in total. The number of aromatic nitrogens is 4. The molecule has 0 radical (unpaired) electrons. The molecule has 8 nitrogen and oxygen atoms in total. The summed E-state index contributed by atoms with van der Waals surface area (Å²) in [5, 5.41) is 16.1. The Hall–Kier alpha value is -12.5. The van der Waals surface area contributed by atoms with Gasteiger partial charge in [-0.3, -0.25) is 0 Å². The first-order chi connectivity index (χ1) is 60.8. The van der Waals surface area contributed by atoms with Crippen molar-refractivity contribution in [1.29, 1.82) is 0 Å². The maximum atomic E-state index is 8.92. The molecule has 12 aromatic carbocycles. The minimum atomic E-state index is -2.33. The lowest BCUT2D eigenvalue weighted by atomic mass is 9.95. The number of hydrogen-bond donors (Lipinski definition) is 0. The van der Waals surface area contributed by atoms with E-state index in [0.29, 0.717) is 49.8 Å². The van der Waals surface area contributed by atoms with Crippen molar-refractivity contribution < 1.29 is 53.8 Å². The fourth-order valence-electron chi connectivity index (χ4n) is 17.4. The van der Waals surface area contributed by atoms with Gasteiger partial charge in [-0.25, -0.2) is 18.3 Å². The number of benzene rings is 12. The van der Waals surface area contributed by atoms with Gasteiger partial charge in [0.2, 0.25) is 22.8 Å². The summed E-state index contributed by atoms with van der Waals surface area (Å²) in [6, 6.07) is 75.2. The molecule has 0 unspecified atom stereocenters. The van der Waals surface area contributed by atoms with Gasteiger partial charge in [0, 0.05) is 109 Å². The zero-order valence-electron chi connectivity index (χ0n) is 80.1. The highest BCUT2D eigenvalue weighted by Crippen LogP contribution is 2.45. The van der Waals surface area contributed by atoms with Crippen LogP contribution >= 0.6 is 0 Å². The highest BCUT2D eigenvalue weighted by Gasteiger charge is 2.29. The second kappa shape index (κ2) is 29.8. The molecule has 20 aromatic rings. The van der Waals surface area contributed by atoms with Crippen molar-refractivity contribution in [3.63, 3.8) is 0 Å². The van der Waals surface area contributed by atoms with E-state index < -0.39 is 33.3 Å². The van der Waals surface area contributed by atoms with Gasteiger partial charge in [-0.1, -0.05) is 173 Å². The van der Waals surface area contributed by atoms with Crippen molar-refractivity contribution in [3.8, 4) is 45.0 Å².